The topological polar surface area (TPSA) is 6.48 Å². The molecule has 1 aliphatic heterocycles. The number of nitrogens with zero attached hydrogens (tertiary/aromatic N) is 2. The number of hydrogen-bond donors (Lipinski definition) is 0. The van der Waals surface area contributed by atoms with Gasteiger partial charge in [-0.2, -0.15) is 0 Å². The zero-order valence-electron chi connectivity index (χ0n) is 20.6. The summed E-state index contributed by atoms with van der Waals surface area (Å²) >= 11 is 0. The van der Waals surface area contributed by atoms with E-state index in [0.717, 1.165) is 22.7 Å². The van der Waals surface area contributed by atoms with E-state index in [-0.39, 0.29) is 0 Å². The highest BCUT2D eigenvalue weighted by molar-refractivity contribution is 7.99. The lowest BCUT2D eigenvalue weighted by Gasteiger charge is -2.50. The Kier molecular flexibility index (Phi) is 5.09. The number of hydrogen-bond acceptors (Lipinski definition) is 2. The summed E-state index contributed by atoms with van der Waals surface area (Å²) in [6, 6.07) is 47.5. The van der Waals surface area contributed by atoms with Gasteiger partial charge in [-0.05, 0) is 57.9 Å². The van der Waals surface area contributed by atoms with Crippen molar-refractivity contribution < 1.29 is 0 Å². The molecule has 0 spiro atoms. The van der Waals surface area contributed by atoms with Gasteiger partial charge >= 0.3 is 0 Å². The minimum absolute atomic E-state index is 1.09. The van der Waals surface area contributed by atoms with E-state index >= 15 is 0 Å². The van der Waals surface area contributed by atoms with Crippen LogP contribution in [0, 0.1) is 0 Å². The van der Waals surface area contributed by atoms with Crippen LogP contribution in [0.15, 0.2) is 133 Å². The molecule has 6 aromatic rings. The molecule has 175 valence electrons. The molecule has 7 rings (SSSR count). The van der Waals surface area contributed by atoms with Gasteiger partial charge in [0.25, 0.3) is 0 Å². The molecule has 1 heterocycles. The van der Waals surface area contributed by atoms with Gasteiger partial charge in [0.1, 0.15) is 0 Å². The van der Waals surface area contributed by atoms with Gasteiger partial charge < -0.3 is 0 Å². The van der Waals surface area contributed by atoms with Gasteiger partial charge in [0, 0.05) is 17.8 Å². The Morgan fingerprint density at radius 3 is 1.27 bits per heavy atom. The van der Waals surface area contributed by atoms with Crippen molar-refractivity contribution in [2.45, 2.75) is 0 Å². The number of fused-ring (bicyclic) bond motifs is 7. The fourth-order valence-electron chi connectivity index (χ4n) is 5.81. The zero-order valence-corrected chi connectivity index (χ0v) is 21.5. The first-order valence-corrected chi connectivity index (χ1v) is 14.8. The van der Waals surface area contributed by atoms with Crippen molar-refractivity contribution in [3.8, 4) is 11.1 Å². The van der Waals surface area contributed by atoms with Crippen molar-refractivity contribution in [1.82, 2.24) is 0 Å². The van der Waals surface area contributed by atoms with Crippen LogP contribution < -0.4 is 9.34 Å². The average molecular weight is 491 g/mol. The third-order valence-electron chi connectivity index (χ3n) is 7.33. The summed E-state index contributed by atoms with van der Waals surface area (Å²) < 4.78 is 4.80. The molecule has 6 aromatic carbocycles. The molecule has 0 saturated heterocycles. The lowest BCUT2D eigenvalue weighted by molar-refractivity contribution is 1.36. The van der Waals surface area contributed by atoms with Crippen molar-refractivity contribution >= 4 is 59.3 Å². The van der Waals surface area contributed by atoms with E-state index in [2.05, 4.69) is 149 Å². The molecular weight excluding hydrogens is 466 g/mol. The lowest BCUT2D eigenvalue weighted by Crippen LogP contribution is -2.29. The van der Waals surface area contributed by atoms with E-state index in [1.54, 1.807) is 0 Å². The SMILES string of the molecule is [B-][P+]1(C)N(c2ccccc2)c2ccc3ccccc3c2-c2c(ccc3ccccc23)N1c1ccccc1. The number of rotatable bonds is 2. The number of anilines is 4. The van der Waals surface area contributed by atoms with E-state index in [9.17, 15) is 0 Å². The van der Waals surface area contributed by atoms with Crippen LogP contribution in [-0.4, -0.2) is 14.2 Å². The molecule has 2 nitrogen and oxygen atoms in total. The maximum absolute atomic E-state index is 7.61. The van der Waals surface area contributed by atoms with E-state index < -0.39 is 7.44 Å². The first-order chi connectivity index (χ1) is 18.1. The summed E-state index contributed by atoms with van der Waals surface area (Å²) in [6.07, 6.45) is 0. The number of benzene rings is 6. The molecule has 0 fully saturated rings. The van der Waals surface area contributed by atoms with Crippen LogP contribution in [0.2, 0.25) is 0 Å². The monoisotopic (exact) mass is 491 g/mol. The van der Waals surface area contributed by atoms with Crippen LogP contribution in [0.4, 0.5) is 22.7 Å². The van der Waals surface area contributed by atoms with Crippen LogP contribution in [0.25, 0.3) is 32.7 Å². The Morgan fingerprint density at radius 1 is 0.459 bits per heavy atom. The predicted octanol–water partition coefficient (Wildman–Crippen LogP) is 9.51. The molecule has 0 aromatic heterocycles. The lowest BCUT2D eigenvalue weighted by atomic mass is 9.90. The van der Waals surface area contributed by atoms with Crippen LogP contribution in [0.5, 0.6) is 0 Å². The molecule has 4 heteroatoms. The third kappa shape index (κ3) is 3.39. The Labute approximate surface area is 219 Å². The Morgan fingerprint density at radius 2 is 0.838 bits per heavy atom. The van der Waals surface area contributed by atoms with Gasteiger partial charge in [-0.1, -0.05) is 105 Å². The van der Waals surface area contributed by atoms with E-state index in [0.29, 0.717) is 0 Å². The summed E-state index contributed by atoms with van der Waals surface area (Å²) in [6.45, 7) is 2.22. The molecule has 0 aliphatic carbocycles. The molecule has 37 heavy (non-hydrogen) atoms. The maximum atomic E-state index is 7.61. The first kappa shape index (κ1) is 22.2. The summed E-state index contributed by atoms with van der Waals surface area (Å²) in [7, 11) is 5.11. The smallest absolute Gasteiger partial charge is 0.0843 e. The molecule has 0 saturated carbocycles. The predicted molar refractivity (Wildman–Crippen MR) is 163 cm³/mol. The number of para-hydroxylation sites is 2. The summed E-state index contributed by atoms with van der Waals surface area (Å²) in [4.78, 5) is 0. The largest absolute Gasteiger partial charge is 0.249 e. The molecule has 0 N–H and O–H groups in total. The van der Waals surface area contributed by atoms with Crippen LogP contribution in [0.1, 0.15) is 0 Å². The van der Waals surface area contributed by atoms with Crippen LogP contribution >= 0.6 is 7.44 Å². The highest BCUT2D eigenvalue weighted by Gasteiger charge is 2.40. The van der Waals surface area contributed by atoms with Crippen LogP contribution in [0.3, 0.4) is 0 Å². The first-order valence-electron chi connectivity index (χ1n) is 12.5. The van der Waals surface area contributed by atoms with Gasteiger partial charge in [-0.25, -0.2) is 16.9 Å². The molecule has 3 radical (unpaired) electrons. The standard InChI is InChI=1S/C33H25BN2P/c1-37(34)35(26-14-4-2-5-15-26)30-22-20-24-12-8-10-18-28(24)32(30)33-29-19-11-9-13-25(29)21-23-31(33)36(37)27-16-6-3-7-17-27/h2-23H,1H3. The maximum Gasteiger partial charge on any atom is 0.0843 e. The van der Waals surface area contributed by atoms with E-state index in [1.165, 1.54) is 32.7 Å². The van der Waals surface area contributed by atoms with E-state index in [4.69, 9.17) is 7.57 Å². The minimum Gasteiger partial charge on any atom is -0.249 e. The van der Waals surface area contributed by atoms with Crippen LogP contribution in [-0.2, 0) is 0 Å². The van der Waals surface area contributed by atoms with Gasteiger partial charge in [0.15, 0.2) is 0 Å². The Balaban J connectivity index is 1.71. The third-order valence-corrected chi connectivity index (χ3v) is 9.84. The van der Waals surface area contributed by atoms with E-state index in [1.807, 2.05) is 0 Å². The summed E-state index contributed by atoms with van der Waals surface area (Å²) in [5.74, 6) is 0. The fourth-order valence-corrected chi connectivity index (χ4v) is 8.39. The van der Waals surface area contributed by atoms with Gasteiger partial charge in [-0.3, -0.25) is 0 Å². The van der Waals surface area contributed by atoms with Gasteiger partial charge in [0.2, 0.25) is 0 Å². The van der Waals surface area contributed by atoms with Gasteiger partial charge in [0.05, 0.1) is 22.7 Å². The van der Waals surface area contributed by atoms with Crippen molar-refractivity contribution in [2.24, 2.45) is 0 Å². The molecular formula is C33H25BN2P. The minimum atomic E-state index is -2.50. The highest BCUT2D eigenvalue weighted by atomic mass is 31.2. The summed E-state index contributed by atoms with van der Waals surface area (Å²) in [5.41, 5.74) is 6.91. The second kappa shape index (κ2) is 8.51. The molecule has 0 unspecified atom stereocenters. The molecule has 0 atom stereocenters. The molecule has 0 bridgehead atoms. The second-order valence-corrected chi connectivity index (χ2v) is 12.4. The average Bonchev–Trinajstić information content (AvgIpc) is 3.03. The fraction of sp³-hybridized carbons (Fsp3) is 0.0303. The molecule has 1 aliphatic rings. The molecule has 0 amide bonds. The van der Waals surface area contributed by atoms with Crippen molar-refractivity contribution in [1.29, 1.82) is 0 Å². The normalized spacial score (nSPS) is 14.3. The highest BCUT2D eigenvalue weighted by Crippen LogP contribution is 2.71. The zero-order chi connectivity index (χ0) is 25.0. The second-order valence-electron chi connectivity index (χ2n) is 9.63. The van der Waals surface area contributed by atoms with Crippen molar-refractivity contribution in [3.05, 3.63) is 133 Å². The quantitative estimate of drug-likeness (QED) is 0.176. The Bertz CT molecular complexity index is 1640. The Hall–Kier alpha value is -4.07. The van der Waals surface area contributed by atoms with Crippen molar-refractivity contribution in [2.75, 3.05) is 16.0 Å². The summed E-state index contributed by atoms with van der Waals surface area (Å²) in [5, 5.41) is 4.90. The van der Waals surface area contributed by atoms with Gasteiger partial charge in [-0.15, -0.1) is 0 Å². The van der Waals surface area contributed by atoms with Crippen molar-refractivity contribution in [3.63, 3.8) is 0 Å².